The van der Waals surface area contributed by atoms with Gasteiger partial charge in [0.25, 0.3) is 0 Å². The van der Waals surface area contributed by atoms with E-state index in [9.17, 15) is 0 Å². The third-order valence-corrected chi connectivity index (χ3v) is 28.8. The zero-order valence-corrected chi connectivity index (χ0v) is 32.7. The summed E-state index contributed by atoms with van der Waals surface area (Å²) in [5, 5.41) is 0. The summed E-state index contributed by atoms with van der Waals surface area (Å²) in [4.78, 5) is 0. The summed E-state index contributed by atoms with van der Waals surface area (Å²) in [6.45, 7) is 41.4. The Morgan fingerprint density at radius 2 is 0.700 bits per heavy atom. The summed E-state index contributed by atoms with van der Waals surface area (Å²) in [6, 6.07) is 0. The van der Waals surface area contributed by atoms with Crippen LogP contribution in [0.25, 0.3) is 0 Å². The maximum absolute atomic E-state index is 16.2. The van der Waals surface area contributed by atoms with Gasteiger partial charge in [0.05, 0.1) is 12.7 Å². The Morgan fingerprint density at radius 3 is 0.975 bits per heavy atom. The third kappa shape index (κ3) is 7.20. The molecule has 1 rings (SSSR count). The van der Waals surface area contributed by atoms with Crippen molar-refractivity contribution in [2.45, 2.75) is 199 Å². The summed E-state index contributed by atoms with van der Waals surface area (Å²) in [5.74, 6) is 0. The first-order valence-electron chi connectivity index (χ1n) is 16.5. The largest absolute Gasteiger partial charge is 0.408 e. The third-order valence-electron chi connectivity index (χ3n) is 10.5. The minimum atomic E-state index is -2.44. The topological polar surface area (TPSA) is 36.9 Å². The van der Waals surface area contributed by atoms with Crippen LogP contribution in [0.4, 0.5) is 4.39 Å². The lowest BCUT2D eigenvalue weighted by Crippen LogP contribution is -2.66. The van der Waals surface area contributed by atoms with Crippen LogP contribution in [0, 0.1) is 0 Å². The second-order valence-electron chi connectivity index (χ2n) is 15.5. The Labute approximate surface area is 252 Å². The van der Waals surface area contributed by atoms with Crippen LogP contribution in [-0.4, -0.2) is 56.2 Å². The molecule has 0 radical (unpaired) electrons. The molecule has 0 amide bonds. The van der Waals surface area contributed by atoms with Crippen molar-refractivity contribution in [2.24, 2.45) is 0 Å². The van der Waals surface area contributed by atoms with Crippen LogP contribution in [0.5, 0.6) is 0 Å². The average Bonchev–Trinajstić information content (AvgIpc) is 2.79. The monoisotopic (exact) mass is 620 g/mol. The maximum Gasteiger partial charge on any atom is 0.226 e. The first-order valence-corrected chi connectivity index (χ1v) is 22.9. The number of rotatable bonds is 15. The quantitative estimate of drug-likeness (QED) is 0.171. The van der Waals surface area contributed by atoms with Gasteiger partial charge in [0, 0.05) is 0 Å². The minimum Gasteiger partial charge on any atom is -0.408 e. The molecule has 0 spiro atoms. The summed E-state index contributed by atoms with van der Waals surface area (Å²) < 4.78 is 44.4. The zero-order chi connectivity index (χ0) is 31.5. The van der Waals surface area contributed by atoms with Crippen LogP contribution in [0.3, 0.4) is 0 Å². The molecule has 0 aliphatic carbocycles. The second kappa shape index (κ2) is 14.9. The lowest BCUT2D eigenvalue weighted by Gasteiger charge is -2.54. The van der Waals surface area contributed by atoms with Crippen LogP contribution in [-0.2, 0) is 18.0 Å². The van der Waals surface area contributed by atoms with E-state index in [1.54, 1.807) is 0 Å². The van der Waals surface area contributed by atoms with Crippen molar-refractivity contribution in [1.82, 2.24) is 0 Å². The van der Waals surface area contributed by atoms with Crippen LogP contribution in [0.2, 0.25) is 49.9 Å². The molecule has 4 nitrogen and oxygen atoms in total. The van der Waals surface area contributed by atoms with Crippen LogP contribution in [0.1, 0.15) is 125 Å². The van der Waals surface area contributed by atoms with Gasteiger partial charge in [0.2, 0.25) is 31.3 Å². The lowest BCUT2D eigenvalue weighted by atomic mass is 10.1. The van der Waals surface area contributed by atoms with Gasteiger partial charge in [-0.25, -0.2) is 4.39 Å². The molecule has 0 aromatic heterocycles. The van der Waals surface area contributed by atoms with E-state index >= 15 is 4.39 Å². The molecule has 1 saturated heterocycles. The molecule has 4 atom stereocenters. The zero-order valence-electron chi connectivity index (χ0n) is 29.7. The standard InChI is InChI=1S/C32H69FO4Si3/c1-20(2)38(21(3)4,22(5)6)35-29-19-34-32(33)31(37-40(26(13)14,27(15)16)28(17)18)30(29)36-39(23(7)8,24(9)10)25(11)12/h20-32H,19H2,1-18H3/t29-,30+,31-,32-/m1/s1. The van der Waals surface area contributed by atoms with Gasteiger partial charge in [-0.15, -0.1) is 0 Å². The molecule has 1 aliphatic heterocycles. The molecule has 0 aromatic rings. The highest BCUT2D eigenvalue weighted by molar-refractivity contribution is 6.79. The fraction of sp³-hybridized carbons (Fsp3) is 1.00. The van der Waals surface area contributed by atoms with E-state index in [0.29, 0.717) is 49.9 Å². The molecular weight excluding hydrogens is 552 g/mol. The van der Waals surface area contributed by atoms with E-state index in [4.69, 9.17) is 18.0 Å². The number of hydrogen-bond acceptors (Lipinski definition) is 4. The van der Waals surface area contributed by atoms with Gasteiger partial charge in [-0.1, -0.05) is 125 Å². The van der Waals surface area contributed by atoms with Gasteiger partial charge in [-0.2, -0.15) is 0 Å². The van der Waals surface area contributed by atoms with E-state index in [1.165, 1.54) is 0 Å². The van der Waals surface area contributed by atoms with Crippen molar-refractivity contribution >= 4 is 25.0 Å². The summed E-state index contributed by atoms with van der Waals surface area (Å²) in [7, 11) is -7.13. The van der Waals surface area contributed by atoms with Gasteiger partial charge in [0.15, 0.2) is 0 Å². The molecule has 0 aromatic carbocycles. The van der Waals surface area contributed by atoms with Crippen molar-refractivity contribution in [3.05, 3.63) is 0 Å². The SMILES string of the molecule is CC(C)[Si](O[C@@H]1[C@@H](O[Si](C(C)C)(C(C)C)C(C)C)[C@H](O[Si](C(C)C)(C(C)C)C(C)C)CO[C@H]1F)(C(C)C)C(C)C. The predicted octanol–water partition coefficient (Wildman–Crippen LogP) is 11.0. The summed E-state index contributed by atoms with van der Waals surface area (Å²) in [6.07, 6.45) is -3.16. The molecule has 0 unspecified atom stereocenters. The van der Waals surface area contributed by atoms with Crippen molar-refractivity contribution in [3.63, 3.8) is 0 Å². The molecule has 0 bridgehead atoms. The highest BCUT2D eigenvalue weighted by Gasteiger charge is 2.58. The molecule has 0 saturated carbocycles. The average molecular weight is 621 g/mol. The van der Waals surface area contributed by atoms with E-state index < -0.39 is 43.5 Å². The van der Waals surface area contributed by atoms with Gasteiger partial charge < -0.3 is 18.0 Å². The van der Waals surface area contributed by atoms with Crippen LogP contribution >= 0.6 is 0 Å². The van der Waals surface area contributed by atoms with Crippen molar-refractivity contribution < 1.29 is 22.4 Å². The number of alkyl halides is 1. The minimum absolute atomic E-state index is 0.213. The number of ether oxygens (including phenoxy) is 1. The van der Waals surface area contributed by atoms with Gasteiger partial charge in [0.1, 0.15) is 12.2 Å². The maximum atomic E-state index is 16.2. The normalized spacial score (nSPS) is 24.0. The van der Waals surface area contributed by atoms with Crippen molar-refractivity contribution in [1.29, 1.82) is 0 Å². The number of hydrogen-bond donors (Lipinski definition) is 0. The first-order chi connectivity index (χ1) is 18.2. The lowest BCUT2D eigenvalue weighted by molar-refractivity contribution is -0.214. The van der Waals surface area contributed by atoms with E-state index in [-0.39, 0.29) is 12.7 Å². The predicted molar refractivity (Wildman–Crippen MR) is 179 cm³/mol. The van der Waals surface area contributed by atoms with Crippen LogP contribution < -0.4 is 0 Å². The van der Waals surface area contributed by atoms with Gasteiger partial charge in [-0.3, -0.25) is 0 Å². The smallest absolute Gasteiger partial charge is 0.226 e. The Hall–Kier alpha value is 0.421. The van der Waals surface area contributed by atoms with Gasteiger partial charge >= 0.3 is 0 Å². The fourth-order valence-electron chi connectivity index (χ4n) is 9.06. The molecule has 0 N–H and O–H groups in total. The summed E-state index contributed by atoms with van der Waals surface area (Å²) in [5.41, 5.74) is 3.35. The second-order valence-corrected chi connectivity index (χ2v) is 31.7. The highest BCUT2D eigenvalue weighted by atomic mass is 28.4. The van der Waals surface area contributed by atoms with E-state index in [0.717, 1.165) is 0 Å². The molecule has 40 heavy (non-hydrogen) atoms. The van der Waals surface area contributed by atoms with Gasteiger partial charge in [-0.05, 0) is 49.9 Å². The van der Waals surface area contributed by atoms with Crippen molar-refractivity contribution in [3.8, 4) is 0 Å². The Bertz CT molecular complexity index is 689. The Morgan fingerprint density at radius 1 is 0.450 bits per heavy atom. The Kier molecular flexibility index (Phi) is 14.4. The molecule has 8 heteroatoms. The van der Waals surface area contributed by atoms with E-state index in [1.807, 2.05) is 0 Å². The molecule has 1 heterocycles. The molecule has 1 fully saturated rings. The highest BCUT2D eigenvalue weighted by Crippen LogP contribution is 2.50. The summed E-state index contributed by atoms with van der Waals surface area (Å²) >= 11 is 0. The first kappa shape index (κ1) is 38.4. The Balaban J connectivity index is 3.93. The van der Waals surface area contributed by atoms with Crippen LogP contribution in [0.15, 0.2) is 0 Å². The molecule has 1 aliphatic rings. The van der Waals surface area contributed by atoms with Crippen molar-refractivity contribution in [2.75, 3.05) is 6.61 Å². The fourth-order valence-corrected chi connectivity index (χ4v) is 25.7. The molecule has 240 valence electrons. The van der Waals surface area contributed by atoms with E-state index in [2.05, 4.69) is 125 Å². The molecular formula is C32H69FO4Si3. The number of halogens is 1.